The Morgan fingerprint density at radius 1 is 0.304 bits per heavy atom. The van der Waals surface area contributed by atoms with Crippen LogP contribution in [0.2, 0.25) is 0 Å². The zero-order chi connectivity index (χ0) is 62.9. The Morgan fingerprint density at radius 2 is 0.630 bits per heavy atom. The van der Waals surface area contributed by atoms with Crippen LogP contribution in [0.25, 0.3) is 89.4 Å². The first kappa shape index (κ1) is 63.7. The zero-order valence-corrected chi connectivity index (χ0v) is 55.6. The monoisotopic (exact) mass is 1210 g/mol. The van der Waals surface area contributed by atoms with Crippen molar-refractivity contribution in [1.82, 2.24) is 19.5 Å². The van der Waals surface area contributed by atoms with Crippen LogP contribution in [-0.4, -0.2) is 19.5 Å². The van der Waals surface area contributed by atoms with Gasteiger partial charge in [0.1, 0.15) is 0 Å². The molecule has 2 aromatic heterocycles. The van der Waals surface area contributed by atoms with Crippen molar-refractivity contribution in [1.29, 1.82) is 0 Å². The van der Waals surface area contributed by atoms with Crippen molar-refractivity contribution in [3.05, 3.63) is 230 Å². The molecule has 9 aromatic carbocycles. The molecule has 3 heterocycles. The van der Waals surface area contributed by atoms with Gasteiger partial charge in [0, 0.05) is 55.6 Å². The number of unbranched alkanes of at least 4 members (excludes halogenated alkanes) is 16. The molecule has 470 valence electrons. The van der Waals surface area contributed by atoms with Crippen molar-refractivity contribution in [2.24, 2.45) is 0 Å². The lowest BCUT2D eigenvalue weighted by atomic mass is 9.64. The minimum atomic E-state index is -0.235. The standard InChI is InChI=1S/C87H97N5/c1-5-9-13-17-19-33-45-74(46-34-20-18-14-10-6-2)91-80-55-49-70(65-37-25-21-26-38-65)61-76(80)77-62-71(50-56-81(77)91)73-52-58-83-79(64-73)87(59-35-15-11-7-3,60-36-16-12-8-4)78-63-72(66-39-27-22-28-40-66)51-57-82(78)92(83)75-53-47-69(48-54-75)86-89-84(67-41-29-23-30-42-67)88-85(90-86)68-43-31-24-32-44-68/h21-32,37-44,47-58,61-64,74H,5-20,33-36,45-46,59-60H2,1-4H3. The van der Waals surface area contributed by atoms with Crippen LogP contribution >= 0.6 is 0 Å². The second-order valence-corrected chi connectivity index (χ2v) is 26.4. The van der Waals surface area contributed by atoms with Gasteiger partial charge < -0.3 is 9.47 Å². The molecule has 0 spiro atoms. The van der Waals surface area contributed by atoms with E-state index in [1.807, 2.05) is 36.4 Å². The quantitative estimate of drug-likeness (QED) is 0.0394. The van der Waals surface area contributed by atoms with E-state index in [-0.39, 0.29) is 5.41 Å². The van der Waals surface area contributed by atoms with Crippen molar-refractivity contribution in [3.63, 3.8) is 0 Å². The van der Waals surface area contributed by atoms with Crippen LogP contribution in [0.3, 0.4) is 0 Å². The lowest BCUT2D eigenvalue weighted by molar-refractivity contribution is 0.391. The van der Waals surface area contributed by atoms with Gasteiger partial charge in [-0.2, -0.15) is 0 Å². The molecule has 0 amide bonds. The van der Waals surface area contributed by atoms with E-state index in [9.17, 15) is 0 Å². The predicted octanol–water partition coefficient (Wildman–Crippen LogP) is 26.0. The third-order valence-electron chi connectivity index (χ3n) is 20.0. The summed E-state index contributed by atoms with van der Waals surface area (Å²) in [4.78, 5) is 17.9. The largest absolute Gasteiger partial charge is 0.337 e. The summed E-state index contributed by atoms with van der Waals surface area (Å²) in [5.41, 5.74) is 19.5. The van der Waals surface area contributed by atoms with E-state index < -0.39 is 0 Å². The van der Waals surface area contributed by atoms with Crippen LogP contribution in [0.1, 0.15) is 199 Å². The van der Waals surface area contributed by atoms with Gasteiger partial charge in [-0.1, -0.05) is 302 Å². The first-order chi connectivity index (χ1) is 45.5. The van der Waals surface area contributed by atoms with Crippen LogP contribution < -0.4 is 4.90 Å². The van der Waals surface area contributed by atoms with Crippen molar-refractivity contribution >= 4 is 38.9 Å². The Hall–Kier alpha value is -8.41. The van der Waals surface area contributed by atoms with Crippen molar-refractivity contribution in [2.75, 3.05) is 4.90 Å². The van der Waals surface area contributed by atoms with Gasteiger partial charge in [-0.3, -0.25) is 0 Å². The third-order valence-corrected chi connectivity index (χ3v) is 20.0. The van der Waals surface area contributed by atoms with Crippen LogP contribution in [-0.2, 0) is 5.41 Å². The molecule has 5 nitrogen and oxygen atoms in total. The molecule has 0 aliphatic carbocycles. The Morgan fingerprint density at radius 3 is 1.05 bits per heavy atom. The average molecular weight is 1210 g/mol. The molecule has 0 bridgehead atoms. The summed E-state index contributed by atoms with van der Waals surface area (Å²) in [6, 6.07) is 82.1. The molecule has 0 saturated heterocycles. The SMILES string of the molecule is CCCCCCCCC(CCCCCCCC)n1c2ccc(-c3ccccc3)cc2c2cc(-c3ccc4c(c3)C(CCCCCC)(CCCCCC)c3cc(-c5ccccc5)ccc3N4c3ccc(-c4nc(-c5ccccc5)nc(-c5ccccc5)n4)cc3)ccc21. The van der Waals surface area contributed by atoms with Gasteiger partial charge in [0.2, 0.25) is 0 Å². The minimum Gasteiger partial charge on any atom is -0.337 e. The van der Waals surface area contributed by atoms with Gasteiger partial charge in [0.25, 0.3) is 0 Å². The second-order valence-electron chi connectivity index (χ2n) is 26.4. The lowest BCUT2D eigenvalue weighted by Gasteiger charge is -2.47. The first-order valence-corrected chi connectivity index (χ1v) is 35.7. The fraction of sp³-hybridized carbons (Fsp3) is 0.345. The topological polar surface area (TPSA) is 46.8 Å². The second kappa shape index (κ2) is 31.3. The van der Waals surface area contributed by atoms with Gasteiger partial charge in [-0.25, -0.2) is 15.0 Å². The van der Waals surface area contributed by atoms with E-state index >= 15 is 0 Å². The molecular weight excluding hydrogens is 1110 g/mol. The van der Waals surface area contributed by atoms with Crippen molar-refractivity contribution < 1.29 is 0 Å². The van der Waals surface area contributed by atoms with Gasteiger partial charge >= 0.3 is 0 Å². The van der Waals surface area contributed by atoms with Crippen LogP contribution in [0.15, 0.2) is 218 Å². The maximum absolute atomic E-state index is 5.17. The highest BCUT2D eigenvalue weighted by Crippen LogP contribution is 2.58. The first-order valence-electron chi connectivity index (χ1n) is 35.7. The molecule has 0 saturated carbocycles. The van der Waals surface area contributed by atoms with Crippen LogP contribution in [0, 0.1) is 0 Å². The van der Waals surface area contributed by atoms with Gasteiger partial charge in [0.15, 0.2) is 17.5 Å². The normalized spacial score (nSPS) is 12.7. The summed E-state index contributed by atoms with van der Waals surface area (Å²) >= 11 is 0. The summed E-state index contributed by atoms with van der Waals surface area (Å²) in [6.45, 7) is 9.35. The Labute approximate surface area is 550 Å². The Balaban J connectivity index is 1.02. The third kappa shape index (κ3) is 14.4. The maximum atomic E-state index is 5.17. The summed E-state index contributed by atoms with van der Waals surface area (Å²) in [5.74, 6) is 1.98. The van der Waals surface area contributed by atoms with E-state index in [1.54, 1.807) is 0 Å². The Kier molecular flexibility index (Phi) is 21.7. The van der Waals surface area contributed by atoms with E-state index in [1.165, 1.54) is 219 Å². The number of aromatic nitrogens is 4. The molecule has 0 radical (unpaired) electrons. The molecular formula is C87H97N5. The van der Waals surface area contributed by atoms with Gasteiger partial charge in [-0.15, -0.1) is 0 Å². The summed E-state index contributed by atoms with van der Waals surface area (Å²) in [6.07, 6.45) is 30.1. The molecule has 12 rings (SSSR count). The lowest BCUT2D eigenvalue weighted by Crippen LogP contribution is -2.36. The number of hydrogen-bond donors (Lipinski definition) is 0. The summed E-state index contributed by atoms with van der Waals surface area (Å²) < 4.78 is 2.81. The van der Waals surface area contributed by atoms with E-state index in [0.717, 1.165) is 35.2 Å². The maximum Gasteiger partial charge on any atom is 0.164 e. The minimum absolute atomic E-state index is 0.235. The fourth-order valence-corrected chi connectivity index (χ4v) is 15.0. The molecule has 5 heteroatoms. The number of rotatable bonds is 32. The Bertz CT molecular complexity index is 4030. The zero-order valence-electron chi connectivity index (χ0n) is 55.6. The molecule has 1 aliphatic heterocycles. The summed E-state index contributed by atoms with van der Waals surface area (Å²) in [5, 5.41) is 2.72. The number of benzene rings is 9. The average Bonchev–Trinajstić information content (AvgIpc) is 0.761. The molecule has 0 fully saturated rings. The number of nitrogens with zero attached hydrogens (tertiary/aromatic N) is 5. The number of anilines is 3. The molecule has 92 heavy (non-hydrogen) atoms. The van der Waals surface area contributed by atoms with Crippen LogP contribution in [0.5, 0.6) is 0 Å². The van der Waals surface area contributed by atoms with E-state index in [2.05, 4.69) is 219 Å². The van der Waals surface area contributed by atoms with E-state index in [4.69, 9.17) is 15.0 Å². The van der Waals surface area contributed by atoms with E-state index in [0.29, 0.717) is 23.5 Å². The molecule has 1 aliphatic rings. The van der Waals surface area contributed by atoms with Crippen LogP contribution in [0.4, 0.5) is 17.1 Å². The number of fused-ring (bicyclic) bond motifs is 5. The predicted molar refractivity (Wildman–Crippen MR) is 393 cm³/mol. The highest BCUT2D eigenvalue weighted by molar-refractivity contribution is 6.11. The number of hydrogen-bond acceptors (Lipinski definition) is 4. The highest BCUT2D eigenvalue weighted by atomic mass is 15.2. The molecule has 0 unspecified atom stereocenters. The molecule has 0 N–H and O–H groups in total. The molecule has 11 aromatic rings. The summed E-state index contributed by atoms with van der Waals surface area (Å²) in [7, 11) is 0. The smallest absolute Gasteiger partial charge is 0.164 e. The van der Waals surface area contributed by atoms with Crippen molar-refractivity contribution in [3.8, 4) is 67.5 Å². The molecule has 0 atom stereocenters. The van der Waals surface area contributed by atoms with Crippen molar-refractivity contribution in [2.45, 2.75) is 193 Å². The van der Waals surface area contributed by atoms with Gasteiger partial charge in [-0.05, 0) is 143 Å². The van der Waals surface area contributed by atoms with Gasteiger partial charge in [0.05, 0.1) is 11.4 Å². The fourth-order valence-electron chi connectivity index (χ4n) is 15.0. The highest BCUT2D eigenvalue weighted by Gasteiger charge is 2.43.